The van der Waals surface area contributed by atoms with Gasteiger partial charge in [0.25, 0.3) is 6.47 Å². The van der Waals surface area contributed by atoms with Crippen LogP contribution in [0.25, 0.3) is 0 Å². The average molecular weight is 354 g/mol. The van der Waals surface area contributed by atoms with Gasteiger partial charge in [0.05, 0.1) is 18.8 Å². The molecule has 0 fully saturated rings. The van der Waals surface area contributed by atoms with Gasteiger partial charge in [-0.1, -0.05) is 0 Å². The van der Waals surface area contributed by atoms with E-state index in [0.29, 0.717) is 13.1 Å². The van der Waals surface area contributed by atoms with E-state index in [1.54, 1.807) is 23.3 Å². The number of urea groups is 1. The zero-order chi connectivity index (χ0) is 18.1. The van der Waals surface area contributed by atoms with Crippen LogP contribution in [0.4, 0.5) is 9.93 Å². The highest BCUT2D eigenvalue weighted by Crippen LogP contribution is 2.17. The number of hydrogen-bond acceptors (Lipinski definition) is 6. The second kappa shape index (κ2) is 9.56. The van der Waals surface area contributed by atoms with Crippen LogP contribution in [-0.4, -0.2) is 48.6 Å². The Hall–Kier alpha value is -2.55. The standard InChI is InChI=1S/C14H20N4O2S.CH2O2/c1-10-5-6-12(20-10)8-18(4)13(19)15-7-11-9-21-14(16-11)17(2)3;2-1-3/h5-6,9H,7-8H2,1-4H3,(H,15,19);1H,(H,2,3). The second-order valence-electron chi connectivity index (χ2n) is 5.15. The summed E-state index contributed by atoms with van der Waals surface area (Å²) in [5.41, 5.74) is 0.860. The van der Waals surface area contributed by atoms with Crippen LogP contribution >= 0.6 is 11.3 Å². The number of aromatic nitrogens is 1. The summed E-state index contributed by atoms with van der Waals surface area (Å²) in [5.74, 6) is 1.62. The van der Waals surface area contributed by atoms with Crippen molar-refractivity contribution < 1.29 is 19.1 Å². The van der Waals surface area contributed by atoms with Gasteiger partial charge in [-0.2, -0.15) is 0 Å². The third-order valence-electron chi connectivity index (χ3n) is 2.88. The largest absolute Gasteiger partial charge is 0.483 e. The summed E-state index contributed by atoms with van der Waals surface area (Å²) in [6.45, 7) is 2.50. The molecule has 24 heavy (non-hydrogen) atoms. The van der Waals surface area contributed by atoms with E-state index < -0.39 is 0 Å². The Bertz CT molecular complexity index is 653. The molecule has 2 aromatic rings. The van der Waals surface area contributed by atoms with Gasteiger partial charge >= 0.3 is 6.03 Å². The highest BCUT2D eigenvalue weighted by atomic mass is 32.1. The maximum absolute atomic E-state index is 12.0. The van der Waals surface area contributed by atoms with Crippen molar-refractivity contribution in [1.82, 2.24) is 15.2 Å². The monoisotopic (exact) mass is 354 g/mol. The Balaban J connectivity index is 0.000000891. The molecular weight excluding hydrogens is 332 g/mol. The van der Waals surface area contributed by atoms with E-state index in [4.69, 9.17) is 14.3 Å². The van der Waals surface area contributed by atoms with Crippen molar-refractivity contribution in [2.75, 3.05) is 26.0 Å². The van der Waals surface area contributed by atoms with Crippen molar-refractivity contribution in [2.24, 2.45) is 0 Å². The van der Waals surface area contributed by atoms with Gasteiger partial charge in [0, 0.05) is 26.5 Å². The van der Waals surface area contributed by atoms with Crippen LogP contribution in [0.3, 0.4) is 0 Å². The lowest BCUT2D eigenvalue weighted by Crippen LogP contribution is -2.36. The molecule has 2 N–H and O–H groups in total. The topological polar surface area (TPSA) is 98.9 Å². The van der Waals surface area contributed by atoms with Crippen molar-refractivity contribution in [3.05, 3.63) is 34.7 Å². The zero-order valence-corrected chi connectivity index (χ0v) is 15.0. The molecule has 0 atom stereocenters. The normalized spacial score (nSPS) is 9.67. The third-order valence-corrected chi connectivity index (χ3v) is 3.94. The van der Waals surface area contributed by atoms with Crippen molar-refractivity contribution in [2.45, 2.75) is 20.0 Å². The summed E-state index contributed by atoms with van der Waals surface area (Å²) in [7, 11) is 5.63. The van der Waals surface area contributed by atoms with E-state index in [9.17, 15) is 4.79 Å². The molecule has 0 bridgehead atoms. The minimum atomic E-state index is -0.250. The molecule has 0 saturated heterocycles. The van der Waals surface area contributed by atoms with Gasteiger partial charge in [-0.3, -0.25) is 4.79 Å². The molecule has 0 aliphatic carbocycles. The quantitative estimate of drug-likeness (QED) is 0.798. The van der Waals surface area contributed by atoms with E-state index in [2.05, 4.69) is 10.3 Å². The summed E-state index contributed by atoms with van der Waals surface area (Å²) in [6, 6.07) is 3.62. The first-order chi connectivity index (χ1) is 11.4. The van der Waals surface area contributed by atoms with Gasteiger partial charge < -0.3 is 24.6 Å². The lowest BCUT2D eigenvalue weighted by Gasteiger charge is -2.16. The number of carbonyl (C=O) groups excluding carboxylic acids is 1. The van der Waals surface area contributed by atoms with Gasteiger partial charge in [-0.25, -0.2) is 9.78 Å². The maximum atomic E-state index is 12.0. The molecule has 0 radical (unpaired) electrons. The number of thiazole rings is 1. The molecule has 132 valence electrons. The smallest absolute Gasteiger partial charge is 0.317 e. The van der Waals surface area contributed by atoms with Crippen molar-refractivity contribution in [3.63, 3.8) is 0 Å². The maximum Gasteiger partial charge on any atom is 0.317 e. The number of nitrogens with one attached hydrogen (secondary N) is 1. The van der Waals surface area contributed by atoms with Crippen LogP contribution in [0.2, 0.25) is 0 Å². The summed E-state index contributed by atoms with van der Waals surface area (Å²) in [5, 5.41) is 12.6. The Morgan fingerprint density at radius 2 is 2.08 bits per heavy atom. The van der Waals surface area contributed by atoms with Crippen molar-refractivity contribution in [1.29, 1.82) is 0 Å². The van der Waals surface area contributed by atoms with Crippen LogP contribution in [0.5, 0.6) is 0 Å². The minimum Gasteiger partial charge on any atom is -0.483 e. The molecule has 0 aromatic carbocycles. The summed E-state index contributed by atoms with van der Waals surface area (Å²) < 4.78 is 5.46. The first-order valence-corrected chi connectivity index (χ1v) is 7.99. The molecule has 8 nitrogen and oxygen atoms in total. The fourth-order valence-corrected chi connectivity index (χ4v) is 2.52. The molecule has 2 rings (SSSR count). The first-order valence-electron chi connectivity index (χ1n) is 7.11. The lowest BCUT2D eigenvalue weighted by atomic mass is 10.4. The van der Waals surface area contributed by atoms with Gasteiger partial charge in [0.1, 0.15) is 11.5 Å². The second-order valence-corrected chi connectivity index (χ2v) is 5.98. The molecule has 0 unspecified atom stereocenters. The van der Waals surface area contributed by atoms with Crippen molar-refractivity contribution in [3.8, 4) is 0 Å². The van der Waals surface area contributed by atoms with Gasteiger partial charge in [0.15, 0.2) is 5.13 Å². The van der Waals surface area contributed by atoms with E-state index >= 15 is 0 Å². The van der Waals surface area contributed by atoms with Crippen LogP contribution in [-0.2, 0) is 17.9 Å². The Morgan fingerprint density at radius 1 is 1.42 bits per heavy atom. The van der Waals surface area contributed by atoms with Crippen LogP contribution < -0.4 is 10.2 Å². The Labute approximate surface area is 144 Å². The van der Waals surface area contributed by atoms with E-state index in [-0.39, 0.29) is 12.5 Å². The van der Waals surface area contributed by atoms with Gasteiger partial charge in [-0.15, -0.1) is 11.3 Å². The summed E-state index contributed by atoms with van der Waals surface area (Å²) in [6.07, 6.45) is 0. The van der Waals surface area contributed by atoms with E-state index in [0.717, 1.165) is 22.3 Å². The number of anilines is 1. The lowest BCUT2D eigenvalue weighted by molar-refractivity contribution is -0.122. The number of carboxylic acid groups (broad SMARTS) is 1. The van der Waals surface area contributed by atoms with Crippen LogP contribution in [0.1, 0.15) is 17.2 Å². The third kappa shape index (κ3) is 6.29. The number of carbonyl (C=O) groups is 2. The Morgan fingerprint density at radius 3 is 2.58 bits per heavy atom. The number of furan rings is 1. The van der Waals surface area contributed by atoms with Crippen LogP contribution in [0.15, 0.2) is 21.9 Å². The molecule has 0 spiro atoms. The molecule has 0 aliphatic heterocycles. The van der Waals surface area contributed by atoms with Crippen molar-refractivity contribution >= 4 is 29.0 Å². The summed E-state index contributed by atoms with van der Waals surface area (Å²) >= 11 is 1.56. The number of nitrogens with zero attached hydrogens (tertiary/aromatic N) is 3. The van der Waals surface area contributed by atoms with Gasteiger partial charge in [0.2, 0.25) is 0 Å². The highest BCUT2D eigenvalue weighted by molar-refractivity contribution is 7.13. The average Bonchev–Trinajstić information content (AvgIpc) is 3.14. The number of rotatable bonds is 5. The molecule has 9 heteroatoms. The van der Waals surface area contributed by atoms with Gasteiger partial charge in [-0.05, 0) is 19.1 Å². The SMILES string of the molecule is Cc1ccc(CN(C)C(=O)NCc2csc(N(C)C)n2)o1.O=CO. The molecule has 2 aromatic heterocycles. The Kier molecular flexibility index (Phi) is 7.76. The molecule has 0 saturated carbocycles. The number of hydrogen-bond donors (Lipinski definition) is 2. The number of aryl methyl sites for hydroxylation is 1. The van der Waals surface area contributed by atoms with E-state index in [1.807, 2.05) is 43.4 Å². The molecule has 2 amide bonds. The van der Waals surface area contributed by atoms with E-state index in [1.165, 1.54) is 0 Å². The minimum absolute atomic E-state index is 0.150. The molecular formula is C15H22N4O4S. The fraction of sp³-hybridized carbons (Fsp3) is 0.400. The summed E-state index contributed by atoms with van der Waals surface area (Å²) in [4.78, 5) is 28.3. The highest BCUT2D eigenvalue weighted by Gasteiger charge is 2.11. The first kappa shape index (κ1) is 19.5. The number of amides is 2. The predicted octanol–water partition coefficient (Wildman–Crippen LogP) is 2.15. The molecule has 2 heterocycles. The molecule has 0 aliphatic rings. The zero-order valence-electron chi connectivity index (χ0n) is 14.1. The predicted molar refractivity (Wildman–Crippen MR) is 92.3 cm³/mol. The fourth-order valence-electron chi connectivity index (χ4n) is 1.76. The van der Waals surface area contributed by atoms with Crippen LogP contribution in [0, 0.1) is 6.92 Å².